The standard InChI is InChI=1S/C15H18N2O/c1-10-7-12(9-18-10)15(17-16)14-8-13(14)11-5-3-2-4-6-11/h2-7,9,13-15,17H,8,16H2,1H3. The number of hydrogen-bond donors (Lipinski definition) is 2. The lowest BCUT2D eigenvalue weighted by Crippen LogP contribution is -2.29. The molecule has 1 fully saturated rings. The van der Waals surface area contributed by atoms with Crippen LogP contribution in [0.2, 0.25) is 0 Å². The summed E-state index contributed by atoms with van der Waals surface area (Å²) in [7, 11) is 0. The van der Waals surface area contributed by atoms with E-state index in [0.717, 1.165) is 11.3 Å². The van der Waals surface area contributed by atoms with Crippen molar-refractivity contribution in [2.45, 2.75) is 25.3 Å². The van der Waals surface area contributed by atoms with Crippen LogP contribution < -0.4 is 11.3 Å². The van der Waals surface area contributed by atoms with E-state index >= 15 is 0 Å². The van der Waals surface area contributed by atoms with Crippen LogP contribution >= 0.6 is 0 Å². The summed E-state index contributed by atoms with van der Waals surface area (Å²) < 4.78 is 5.37. The molecule has 1 aromatic carbocycles. The van der Waals surface area contributed by atoms with Crippen LogP contribution in [0.4, 0.5) is 0 Å². The average molecular weight is 242 g/mol. The average Bonchev–Trinajstić information content (AvgIpc) is 3.07. The predicted octanol–water partition coefficient (Wildman–Crippen LogP) is 2.90. The molecule has 3 unspecified atom stereocenters. The van der Waals surface area contributed by atoms with Gasteiger partial charge in [0.15, 0.2) is 0 Å². The highest BCUT2D eigenvalue weighted by molar-refractivity contribution is 5.29. The van der Waals surface area contributed by atoms with Crippen LogP contribution in [0, 0.1) is 12.8 Å². The molecule has 1 aliphatic rings. The third kappa shape index (κ3) is 2.07. The summed E-state index contributed by atoms with van der Waals surface area (Å²) in [6.07, 6.45) is 2.99. The lowest BCUT2D eigenvalue weighted by atomic mass is 10.0. The molecule has 18 heavy (non-hydrogen) atoms. The van der Waals surface area contributed by atoms with Crippen LogP contribution in [0.25, 0.3) is 0 Å². The molecule has 1 aliphatic carbocycles. The van der Waals surface area contributed by atoms with Crippen LogP contribution in [-0.4, -0.2) is 0 Å². The van der Waals surface area contributed by atoms with Gasteiger partial charge in [-0.3, -0.25) is 11.3 Å². The van der Waals surface area contributed by atoms with Gasteiger partial charge in [-0.2, -0.15) is 0 Å². The van der Waals surface area contributed by atoms with E-state index in [9.17, 15) is 0 Å². The number of hydrogen-bond acceptors (Lipinski definition) is 3. The Labute approximate surface area is 107 Å². The highest BCUT2D eigenvalue weighted by atomic mass is 16.3. The Morgan fingerprint density at radius 3 is 2.72 bits per heavy atom. The zero-order valence-electron chi connectivity index (χ0n) is 10.5. The highest BCUT2D eigenvalue weighted by Crippen LogP contribution is 2.53. The van der Waals surface area contributed by atoms with Crippen LogP contribution in [0.5, 0.6) is 0 Å². The number of rotatable bonds is 4. The molecule has 0 aliphatic heterocycles. The Morgan fingerprint density at radius 1 is 1.33 bits per heavy atom. The maximum absolute atomic E-state index is 5.70. The molecule has 1 heterocycles. The SMILES string of the molecule is Cc1cc(C(NN)C2CC2c2ccccc2)co1. The van der Waals surface area contributed by atoms with Gasteiger partial charge in [0.2, 0.25) is 0 Å². The summed E-state index contributed by atoms with van der Waals surface area (Å²) in [5.74, 6) is 7.81. The van der Waals surface area contributed by atoms with E-state index in [4.69, 9.17) is 10.3 Å². The monoisotopic (exact) mass is 242 g/mol. The molecule has 3 heteroatoms. The molecule has 0 bridgehead atoms. The Bertz CT molecular complexity index is 520. The number of furan rings is 1. The van der Waals surface area contributed by atoms with Gasteiger partial charge in [0.25, 0.3) is 0 Å². The van der Waals surface area contributed by atoms with Gasteiger partial charge in [0.1, 0.15) is 5.76 Å². The molecule has 2 aromatic rings. The van der Waals surface area contributed by atoms with Crippen molar-refractivity contribution in [3.8, 4) is 0 Å². The lowest BCUT2D eigenvalue weighted by Gasteiger charge is -2.13. The minimum Gasteiger partial charge on any atom is -0.469 e. The first-order valence-electron chi connectivity index (χ1n) is 6.35. The summed E-state index contributed by atoms with van der Waals surface area (Å²) in [4.78, 5) is 0. The maximum Gasteiger partial charge on any atom is 0.101 e. The van der Waals surface area contributed by atoms with Gasteiger partial charge in [-0.25, -0.2) is 0 Å². The third-order valence-corrected chi connectivity index (χ3v) is 3.79. The number of aryl methyl sites for hydroxylation is 1. The van der Waals surface area contributed by atoms with E-state index in [0.29, 0.717) is 11.8 Å². The Hall–Kier alpha value is -1.58. The van der Waals surface area contributed by atoms with Crippen LogP contribution in [0.15, 0.2) is 47.1 Å². The zero-order valence-corrected chi connectivity index (χ0v) is 10.5. The number of benzene rings is 1. The first-order chi connectivity index (χ1) is 8.79. The van der Waals surface area contributed by atoms with Gasteiger partial charge in [-0.15, -0.1) is 0 Å². The molecule has 1 saturated carbocycles. The van der Waals surface area contributed by atoms with E-state index in [1.807, 2.05) is 6.92 Å². The predicted molar refractivity (Wildman–Crippen MR) is 70.8 cm³/mol. The molecule has 1 aromatic heterocycles. The van der Waals surface area contributed by atoms with Crippen LogP contribution in [0.3, 0.4) is 0 Å². The van der Waals surface area contributed by atoms with Crippen molar-refractivity contribution >= 4 is 0 Å². The van der Waals surface area contributed by atoms with Gasteiger partial charge in [-0.05, 0) is 36.8 Å². The van der Waals surface area contributed by atoms with Gasteiger partial charge >= 0.3 is 0 Å². The van der Waals surface area contributed by atoms with E-state index in [1.54, 1.807) is 6.26 Å². The summed E-state index contributed by atoms with van der Waals surface area (Å²) >= 11 is 0. The van der Waals surface area contributed by atoms with Gasteiger partial charge in [0, 0.05) is 5.56 Å². The Balaban J connectivity index is 1.76. The van der Waals surface area contributed by atoms with Crippen molar-refractivity contribution in [2.24, 2.45) is 11.8 Å². The van der Waals surface area contributed by atoms with E-state index in [1.165, 1.54) is 12.0 Å². The minimum absolute atomic E-state index is 0.188. The molecular formula is C15H18N2O. The molecule has 3 rings (SSSR count). The molecule has 3 nitrogen and oxygen atoms in total. The van der Waals surface area contributed by atoms with E-state index in [-0.39, 0.29) is 6.04 Å². The van der Waals surface area contributed by atoms with Crippen LogP contribution in [-0.2, 0) is 0 Å². The molecule has 3 N–H and O–H groups in total. The van der Waals surface area contributed by atoms with Gasteiger partial charge in [0.05, 0.1) is 12.3 Å². The lowest BCUT2D eigenvalue weighted by molar-refractivity contribution is 0.474. The fraction of sp³-hybridized carbons (Fsp3) is 0.333. The summed E-state index contributed by atoms with van der Waals surface area (Å²) in [6.45, 7) is 1.96. The summed E-state index contributed by atoms with van der Waals surface area (Å²) in [6, 6.07) is 12.9. The molecule has 0 radical (unpaired) electrons. The maximum atomic E-state index is 5.70. The first kappa shape index (κ1) is 11.5. The molecule has 0 amide bonds. The minimum atomic E-state index is 0.188. The summed E-state index contributed by atoms with van der Waals surface area (Å²) in [5.41, 5.74) is 5.49. The van der Waals surface area contributed by atoms with E-state index < -0.39 is 0 Å². The van der Waals surface area contributed by atoms with E-state index in [2.05, 4.69) is 41.8 Å². The molecule has 0 saturated heterocycles. The zero-order chi connectivity index (χ0) is 12.5. The van der Waals surface area contributed by atoms with Crippen molar-refractivity contribution in [1.29, 1.82) is 0 Å². The van der Waals surface area contributed by atoms with Crippen molar-refractivity contribution < 1.29 is 4.42 Å². The number of nitrogens with one attached hydrogen (secondary N) is 1. The summed E-state index contributed by atoms with van der Waals surface area (Å²) in [5, 5.41) is 0. The second kappa shape index (κ2) is 4.59. The van der Waals surface area contributed by atoms with Gasteiger partial charge < -0.3 is 4.42 Å². The molecule has 0 spiro atoms. The highest BCUT2D eigenvalue weighted by Gasteiger charge is 2.44. The second-order valence-electron chi connectivity index (χ2n) is 5.05. The fourth-order valence-corrected chi connectivity index (χ4v) is 2.76. The topological polar surface area (TPSA) is 51.2 Å². The Morgan fingerprint density at radius 2 is 2.11 bits per heavy atom. The quantitative estimate of drug-likeness (QED) is 0.640. The fourth-order valence-electron chi connectivity index (χ4n) is 2.76. The van der Waals surface area contributed by atoms with Crippen molar-refractivity contribution in [1.82, 2.24) is 5.43 Å². The first-order valence-corrected chi connectivity index (χ1v) is 6.35. The second-order valence-corrected chi connectivity index (χ2v) is 5.05. The van der Waals surface area contributed by atoms with Gasteiger partial charge in [-0.1, -0.05) is 30.3 Å². The normalized spacial score (nSPS) is 23.9. The number of hydrazine groups is 1. The smallest absolute Gasteiger partial charge is 0.101 e. The van der Waals surface area contributed by atoms with Crippen LogP contribution in [0.1, 0.15) is 35.3 Å². The molecule has 3 atom stereocenters. The molecular weight excluding hydrogens is 224 g/mol. The largest absolute Gasteiger partial charge is 0.469 e. The third-order valence-electron chi connectivity index (χ3n) is 3.79. The van der Waals surface area contributed by atoms with Crippen molar-refractivity contribution in [3.05, 3.63) is 59.5 Å². The van der Waals surface area contributed by atoms with Crippen molar-refractivity contribution in [2.75, 3.05) is 0 Å². The Kier molecular flexibility index (Phi) is 2.94. The molecule has 94 valence electrons. The number of nitrogens with two attached hydrogens (primary N) is 1. The van der Waals surface area contributed by atoms with Crippen molar-refractivity contribution in [3.63, 3.8) is 0 Å².